The highest BCUT2D eigenvalue weighted by molar-refractivity contribution is 8.76. The smallest absolute Gasteiger partial charge is 0.107 e. The molecule has 42 heavy (non-hydrogen) atoms. The summed E-state index contributed by atoms with van der Waals surface area (Å²) in [5, 5.41) is 12.2. The average molecular weight is 607 g/mol. The highest BCUT2D eigenvalue weighted by atomic mass is 33.1. The Morgan fingerprint density at radius 1 is 0.857 bits per heavy atom. The number of pyridine rings is 2. The third-order valence-electron chi connectivity index (χ3n) is 11.8. The van der Waals surface area contributed by atoms with Crippen LogP contribution in [0.25, 0.3) is 0 Å². The fraction of sp³-hybridized carbons (Fsp3) is 0.676. The first-order chi connectivity index (χ1) is 20.2. The van der Waals surface area contributed by atoms with Gasteiger partial charge < -0.3 is 5.11 Å². The van der Waals surface area contributed by atoms with Crippen LogP contribution in [0.5, 0.6) is 0 Å². The monoisotopic (exact) mass is 606 g/mol. The highest BCUT2D eigenvalue weighted by Gasteiger charge is 2.59. The van der Waals surface area contributed by atoms with Crippen molar-refractivity contribution in [3.8, 4) is 0 Å². The normalized spacial score (nSPS) is 34.4. The van der Waals surface area contributed by atoms with E-state index in [1.54, 1.807) is 39.6 Å². The Labute approximate surface area is 264 Å². The van der Waals surface area contributed by atoms with Crippen molar-refractivity contribution < 1.29 is 5.11 Å². The van der Waals surface area contributed by atoms with E-state index in [0.717, 1.165) is 58.4 Å². The third kappa shape index (κ3) is 7.15. The van der Waals surface area contributed by atoms with Gasteiger partial charge in [0.05, 0.1) is 6.10 Å². The lowest BCUT2D eigenvalue weighted by Gasteiger charge is -2.58. The minimum atomic E-state index is -0.0766. The zero-order valence-corrected chi connectivity index (χ0v) is 28.3. The number of fused-ring (bicyclic) bond motifs is 5. The Hall–Kier alpha value is -1.30. The van der Waals surface area contributed by atoms with Crippen molar-refractivity contribution in [3.63, 3.8) is 0 Å². The van der Waals surface area contributed by atoms with Gasteiger partial charge in [0, 0.05) is 12.4 Å². The van der Waals surface area contributed by atoms with Crippen molar-refractivity contribution in [1.82, 2.24) is 9.97 Å². The van der Waals surface area contributed by atoms with Crippen molar-refractivity contribution in [2.75, 3.05) is 0 Å². The van der Waals surface area contributed by atoms with Crippen molar-refractivity contribution in [2.24, 2.45) is 46.3 Å². The second-order valence-corrected chi connectivity index (χ2v) is 16.9. The van der Waals surface area contributed by atoms with Gasteiger partial charge in [0.25, 0.3) is 0 Å². The van der Waals surface area contributed by atoms with Crippen molar-refractivity contribution >= 4 is 21.6 Å². The lowest BCUT2D eigenvalue weighted by atomic mass is 9.47. The number of aromatic nitrogens is 2. The number of aliphatic hydroxyl groups excluding tert-OH is 1. The molecule has 0 radical (unpaired) electrons. The molecule has 2 aromatic heterocycles. The van der Waals surface area contributed by atoms with Crippen LogP contribution in [0.3, 0.4) is 0 Å². The largest absolute Gasteiger partial charge is 0.393 e. The fourth-order valence-electron chi connectivity index (χ4n) is 9.54. The van der Waals surface area contributed by atoms with Crippen molar-refractivity contribution in [1.29, 1.82) is 0 Å². The zero-order chi connectivity index (χ0) is 29.7. The third-order valence-corrected chi connectivity index (χ3v) is 13.9. The minimum Gasteiger partial charge on any atom is -0.393 e. The lowest BCUT2D eigenvalue weighted by Crippen LogP contribution is -2.50. The van der Waals surface area contributed by atoms with Gasteiger partial charge >= 0.3 is 0 Å². The van der Waals surface area contributed by atoms with E-state index in [1.807, 2.05) is 36.4 Å². The summed E-state index contributed by atoms with van der Waals surface area (Å²) >= 11 is 0. The molecule has 230 valence electrons. The molecule has 5 heteroatoms. The topological polar surface area (TPSA) is 46.0 Å². The summed E-state index contributed by atoms with van der Waals surface area (Å²) in [5.74, 6) is 5.46. The summed E-state index contributed by atoms with van der Waals surface area (Å²) in [5.41, 5.74) is 2.60. The van der Waals surface area contributed by atoms with Gasteiger partial charge in [-0.3, -0.25) is 0 Å². The number of rotatable bonds is 8. The number of allylic oxidation sites excluding steroid dienone is 1. The Morgan fingerprint density at radius 3 is 2.17 bits per heavy atom. The highest BCUT2D eigenvalue weighted by Crippen LogP contribution is 2.67. The second kappa shape index (κ2) is 14.2. The molecule has 8 atom stereocenters. The summed E-state index contributed by atoms with van der Waals surface area (Å²) in [4.78, 5) is 8.42. The maximum Gasteiger partial charge on any atom is 0.107 e. The van der Waals surface area contributed by atoms with Crippen LogP contribution in [-0.4, -0.2) is 21.2 Å². The van der Waals surface area contributed by atoms with E-state index in [-0.39, 0.29) is 6.10 Å². The predicted octanol–water partition coefficient (Wildman–Crippen LogP) is 10.7. The van der Waals surface area contributed by atoms with Gasteiger partial charge in [-0.25, -0.2) is 9.97 Å². The Balaban J connectivity index is 0.000000211. The minimum absolute atomic E-state index is 0.0766. The molecular formula is C37H54N2OS2. The zero-order valence-electron chi connectivity index (χ0n) is 26.7. The first kappa shape index (κ1) is 32.1. The molecule has 0 bridgehead atoms. The molecule has 1 unspecified atom stereocenters. The summed E-state index contributed by atoms with van der Waals surface area (Å²) in [6.45, 7) is 12.6. The van der Waals surface area contributed by atoms with Crippen LogP contribution in [0.4, 0.5) is 0 Å². The van der Waals surface area contributed by atoms with Gasteiger partial charge in [0.15, 0.2) is 0 Å². The molecule has 2 heterocycles. The van der Waals surface area contributed by atoms with E-state index in [4.69, 9.17) is 0 Å². The first-order valence-electron chi connectivity index (χ1n) is 16.7. The molecule has 4 aliphatic rings. The van der Waals surface area contributed by atoms with E-state index < -0.39 is 0 Å². The molecule has 4 aliphatic carbocycles. The maximum absolute atomic E-state index is 10.2. The molecule has 0 amide bonds. The summed E-state index contributed by atoms with van der Waals surface area (Å²) in [6.07, 6.45) is 20.7. The Bertz CT molecular complexity index is 1120. The fourth-order valence-corrected chi connectivity index (χ4v) is 11.3. The van der Waals surface area contributed by atoms with Gasteiger partial charge in [-0.1, -0.05) is 77.7 Å². The first-order valence-corrected chi connectivity index (χ1v) is 18.9. The van der Waals surface area contributed by atoms with E-state index in [1.165, 1.54) is 57.8 Å². The molecule has 3 saturated carbocycles. The quantitative estimate of drug-likeness (QED) is 0.239. The van der Waals surface area contributed by atoms with Crippen molar-refractivity contribution in [2.45, 2.75) is 121 Å². The average Bonchev–Trinajstić information content (AvgIpc) is 3.35. The maximum atomic E-state index is 10.2. The summed E-state index contributed by atoms with van der Waals surface area (Å²) in [7, 11) is 3.23. The second-order valence-electron chi connectivity index (χ2n) is 14.7. The standard InChI is InChI=1S/C27H46O.C10H8N2S2/c1-18(2)7-6-8-19(3)23-11-12-24-22-10-9-20-17-21(28)13-15-26(20,4)25(22)14-16-27(23,24)5;1-3-7-11-9(5-1)13-14-10-6-2-4-8-12-10/h9,18-19,21-25,28H,6-8,10-17H2,1-5H3;1-8H/t19?,21-,22-,23+,24-,25-,26-,27+;/m0./s1. The molecule has 0 spiro atoms. The predicted molar refractivity (Wildman–Crippen MR) is 179 cm³/mol. The molecule has 0 aliphatic heterocycles. The van der Waals surface area contributed by atoms with Gasteiger partial charge in [-0.15, -0.1) is 0 Å². The van der Waals surface area contributed by atoms with Crippen LogP contribution in [0.1, 0.15) is 105 Å². The SMILES string of the molecule is CC(C)CCCC(C)[C@H]1CC[C@H]2[C@@H]3CC=C4C[C@@H](O)CC[C@]4(C)[C@H]3CC[C@]12C.c1ccc(SSc2ccccn2)nc1. The van der Waals surface area contributed by atoms with Crippen molar-refractivity contribution in [3.05, 3.63) is 60.4 Å². The van der Waals surface area contributed by atoms with Gasteiger partial charge in [-0.05, 0) is 144 Å². The molecule has 2 aromatic rings. The summed E-state index contributed by atoms with van der Waals surface area (Å²) < 4.78 is 0. The van der Waals surface area contributed by atoms with Crippen LogP contribution < -0.4 is 0 Å². The van der Waals surface area contributed by atoms with Gasteiger partial charge in [0.2, 0.25) is 0 Å². The van der Waals surface area contributed by atoms with Gasteiger partial charge in [0.1, 0.15) is 10.1 Å². The molecule has 0 aromatic carbocycles. The molecular weight excluding hydrogens is 553 g/mol. The van der Waals surface area contributed by atoms with E-state index in [0.29, 0.717) is 10.8 Å². The number of hydrogen-bond donors (Lipinski definition) is 1. The number of nitrogens with zero attached hydrogens (tertiary/aromatic N) is 2. The summed E-state index contributed by atoms with van der Waals surface area (Å²) in [6, 6.07) is 11.8. The molecule has 3 nitrogen and oxygen atoms in total. The van der Waals surface area contributed by atoms with E-state index >= 15 is 0 Å². The van der Waals surface area contributed by atoms with Crippen LogP contribution >= 0.6 is 21.6 Å². The lowest BCUT2D eigenvalue weighted by molar-refractivity contribution is -0.0573. The van der Waals surface area contributed by atoms with Crippen LogP contribution in [0.15, 0.2) is 70.5 Å². The molecule has 0 saturated heterocycles. The van der Waals surface area contributed by atoms with E-state index in [2.05, 4.69) is 50.7 Å². The molecule has 1 N–H and O–H groups in total. The van der Waals surface area contributed by atoms with Gasteiger partial charge in [-0.2, -0.15) is 0 Å². The van der Waals surface area contributed by atoms with E-state index in [9.17, 15) is 5.11 Å². The van der Waals surface area contributed by atoms with Crippen LogP contribution in [-0.2, 0) is 0 Å². The molecule has 6 rings (SSSR count). The molecule has 3 fully saturated rings. The Kier molecular flexibility index (Phi) is 10.9. The van der Waals surface area contributed by atoms with Crippen LogP contribution in [0.2, 0.25) is 0 Å². The number of aliphatic hydroxyl groups is 1. The van der Waals surface area contributed by atoms with Crippen LogP contribution in [0, 0.1) is 46.3 Å². The Morgan fingerprint density at radius 2 is 1.55 bits per heavy atom. The number of hydrogen-bond acceptors (Lipinski definition) is 5.